The van der Waals surface area contributed by atoms with Crippen molar-refractivity contribution in [2.45, 2.75) is 46.4 Å². The second kappa shape index (κ2) is 9.39. The smallest absolute Gasteiger partial charge is 0.243 e. The summed E-state index contributed by atoms with van der Waals surface area (Å²) in [5, 5.41) is 17.8. The minimum Gasteiger partial charge on any atom is -0.489 e. The topological polar surface area (TPSA) is 64.9 Å². The molecule has 1 aromatic heterocycles. The summed E-state index contributed by atoms with van der Waals surface area (Å²) in [5.41, 5.74) is 3.49. The van der Waals surface area contributed by atoms with Gasteiger partial charge in [0.1, 0.15) is 12.4 Å². The fourth-order valence-electron chi connectivity index (χ4n) is 3.55. The first kappa shape index (κ1) is 19.9. The zero-order valence-corrected chi connectivity index (χ0v) is 17.5. The van der Waals surface area contributed by atoms with E-state index in [-0.39, 0.29) is 0 Å². The van der Waals surface area contributed by atoms with Crippen LogP contribution in [0.25, 0.3) is 10.8 Å². The molecule has 0 aliphatic carbocycles. The molecular weight excluding hydrogens is 374 g/mol. The molecule has 0 radical (unpaired) electrons. The van der Waals surface area contributed by atoms with E-state index in [9.17, 15) is 0 Å². The molecule has 0 bridgehead atoms. The fourth-order valence-corrected chi connectivity index (χ4v) is 3.55. The molecule has 3 aromatic carbocycles. The first-order chi connectivity index (χ1) is 14.7. The van der Waals surface area contributed by atoms with Crippen molar-refractivity contribution < 1.29 is 4.74 Å². The third-order valence-corrected chi connectivity index (χ3v) is 5.15. The van der Waals surface area contributed by atoms with Crippen LogP contribution in [0.15, 0.2) is 60.7 Å². The lowest BCUT2D eigenvalue weighted by atomic mass is 10.0. The lowest BCUT2D eigenvalue weighted by Gasteiger charge is -2.15. The van der Waals surface area contributed by atoms with Crippen LogP contribution in [0.1, 0.15) is 36.5 Å². The van der Waals surface area contributed by atoms with Crippen LogP contribution < -0.4 is 10.1 Å². The highest BCUT2D eigenvalue weighted by Gasteiger charge is 2.12. The Balaban J connectivity index is 1.58. The number of benzene rings is 3. The average Bonchev–Trinajstić information content (AvgIpc) is 3.22. The number of nitrogens with zero attached hydrogens (tertiary/aromatic N) is 4. The van der Waals surface area contributed by atoms with Gasteiger partial charge < -0.3 is 10.1 Å². The quantitative estimate of drug-likeness (QED) is 0.421. The number of unbranched alkanes of at least 4 members (excludes halogenated alkanes) is 1. The van der Waals surface area contributed by atoms with Gasteiger partial charge in [0.15, 0.2) is 0 Å². The molecule has 0 spiro atoms. The Morgan fingerprint density at radius 2 is 1.93 bits per heavy atom. The summed E-state index contributed by atoms with van der Waals surface area (Å²) in [4.78, 5) is 0. The molecule has 0 saturated carbocycles. The first-order valence-corrected chi connectivity index (χ1v) is 10.4. The number of fused-ring (bicyclic) bond motifs is 1. The summed E-state index contributed by atoms with van der Waals surface area (Å²) < 4.78 is 8.07. The van der Waals surface area contributed by atoms with Crippen molar-refractivity contribution in [2.24, 2.45) is 0 Å². The molecule has 0 saturated heterocycles. The van der Waals surface area contributed by atoms with Gasteiger partial charge in [0.2, 0.25) is 5.95 Å². The molecule has 0 atom stereocenters. The normalized spacial score (nSPS) is 11.0. The summed E-state index contributed by atoms with van der Waals surface area (Å²) in [6, 6.07) is 20.9. The molecule has 154 valence electrons. The molecule has 1 heterocycles. The minimum absolute atomic E-state index is 0.529. The maximum Gasteiger partial charge on any atom is 0.243 e. The van der Waals surface area contributed by atoms with E-state index in [4.69, 9.17) is 4.74 Å². The number of ether oxygens (including phenoxy) is 1. The van der Waals surface area contributed by atoms with Gasteiger partial charge in [0, 0.05) is 18.7 Å². The lowest BCUT2D eigenvalue weighted by molar-refractivity contribution is 0.304. The second-order valence-corrected chi connectivity index (χ2v) is 7.47. The van der Waals surface area contributed by atoms with Crippen molar-refractivity contribution in [3.63, 3.8) is 0 Å². The zero-order chi connectivity index (χ0) is 20.8. The van der Waals surface area contributed by atoms with Crippen molar-refractivity contribution in [3.8, 4) is 5.75 Å². The summed E-state index contributed by atoms with van der Waals surface area (Å²) >= 11 is 0. The lowest BCUT2D eigenvalue weighted by Crippen LogP contribution is -2.10. The molecule has 0 aliphatic rings. The minimum atomic E-state index is 0.529. The van der Waals surface area contributed by atoms with Crippen LogP contribution in [0.2, 0.25) is 0 Å². The first-order valence-electron chi connectivity index (χ1n) is 10.4. The maximum atomic E-state index is 6.25. The van der Waals surface area contributed by atoms with Crippen molar-refractivity contribution in [3.05, 3.63) is 77.4 Å². The van der Waals surface area contributed by atoms with Crippen LogP contribution >= 0.6 is 0 Å². The predicted octanol–water partition coefficient (Wildman–Crippen LogP) is 5.13. The summed E-state index contributed by atoms with van der Waals surface area (Å²) in [6.45, 7) is 6.17. The van der Waals surface area contributed by atoms with Gasteiger partial charge in [-0.05, 0) is 46.2 Å². The van der Waals surface area contributed by atoms with Crippen molar-refractivity contribution in [2.75, 3.05) is 5.32 Å². The predicted molar refractivity (Wildman–Crippen MR) is 120 cm³/mol. The van der Waals surface area contributed by atoms with Gasteiger partial charge in [-0.1, -0.05) is 78.6 Å². The molecule has 0 amide bonds. The molecule has 6 heteroatoms. The number of aromatic nitrogens is 4. The van der Waals surface area contributed by atoms with Gasteiger partial charge >= 0.3 is 0 Å². The molecule has 0 unspecified atom stereocenters. The Bertz CT molecular complexity index is 1120. The van der Waals surface area contributed by atoms with E-state index >= 15 is 0 Å². The second-order valence-electron chi connectivity index (χ2n) is 7.47. The molecule has 30 heavy (non-hydrogen) atoms. The molecule has 4 aromatic rings. The SMILES string of the molecule is CCCCn1nnnc1NCc1c(OCc2cccc(C)c2)ccc2ccccc12. The number of hydrogen-bond donors (Lipinski definition) is 1. The highest BCUT2D eigenvalue weighted by atomic mass is 16.5. The highest BCUT2D eigenvalue weighted by molar-refractivity contribution is 5.88. The van der Waals surface area contributed by atoms with E-state index in [0.29, 0.717) is 19.1 Å². The van der Waals surface area contributed by atoms with Crippen LogP contribution in [0.5, 0.6) is 5.75 Å². The van der Waals surface area contributed by atoms with E-state index in [2.05, 4.69) is 95.4 Å². The van der Waals surface area contributed by atoms with Crippen molar-refractivity contribution >= 4 is 16.7 Å². The summed E-state index contributed by atoms with van der Waals surface area (Å²) in [6.07, 6.45) is 2.14. The van der Waals surface area contributed by atoms with E-state index in [0.717, 1.165) is 36.3 Å². The molecule has 0 aliphatic heterocycles. The maximum absolute atomic E-state index is 6.25. The summed E-state index contributed by atoms with van der Waals surface area (Å²) in [5.74, 6) is 1.55. The molecule has 6 nitrogen and oxygen atoms in total. The van der Waals surface area contributed by atoms with Gasteiger partial charge in [-0.15, -0.1) is 0 Å². The Morgan fingerprint density at radius 1 is 1.03 bits per heavy atom. The zero-order valence-electron chi connectivity index (χ0n) is 17.5. The largest absolute Gasteiger partial charge is 0.489 e. The van der Waals surface area contributed by atoms with Gasteiger partial charge in [0.05, 0.1) is 0 Å². The van der Waals surface area contributed by atoms with Gasteiger partial charge in [-0.25, -0.2) is 4.68 Å². The number of rotatable bonds is 9. The van der Waals surface area contributed by atoms with Crippen molar-refractivity contribution in [1.82, 2.24) is 20.2 Å². The van der Waals surface area contributed by atoms with Crippen LogP contribution in [-0.4, -0.2) is 20.2 Å². The van der Waals surface area contributed by atoms with Crippen LogP contribution in [-0.2, 0) is 19.7 Å². The van der Waals surface area contributed by atoms with E-state index < -0.39 is 0 Å². The van der Waals surface area contributed by atoms with Gasteiger partial charge in [-0.3, -0.25) is 0 Å². The number of tetrazole rings is 1. The Morgan fingerprint density at radius 3 is 2.80 bits per heavy atom. The Labute approximate surface area is 176 Å². The Kier molecular flexibility index (Phi) is 6.23. The molecular formula is C24H27N5O. The van der Waals surface area contributed by atoms with Gasteiger partial charge in [0.25, 0.3) is 0 Å². The number of nitrogens with one attached hydrogen (secondary N) is 1. The van der Waals surface area contributed by atoms with E-state index in [1.54, 1.807) is 0 Å². The van der Waals surface area contributed by atoms with Crippen LogP contribution in [0.4, 0.5) is 5.95 Å². The Hall–Kier alpha value is -3.41. The standard InChI is InChI=1S/C24H27N5O/c1-3-4-14-29-24(26-27-28-29)25-16-22-21-11-6-5-10-20(21)12-13-23(22)30-17-19-9-7-8-18(2)15-19/h5-13,15H,3-4,14,16-17H2,1-2H3,(H,25,26,28). The van der Waals surface area contributed by atoms with Crippen LogP contribution in [0.3, 0.4) is 0 Å². The molecule has 1 N–H and O–H groups in total. The molecule has 4 rings (SSSR count). The van der Waals surface area contributed by atoms with Gasteiger partial charge in [-0.2, -0.15) is 0 Å². The third-order valence-electron chi connectivity index (χ3n) is 5.15. The fraction of sp³-hybridized carbons (Fsp3) is 0.292. The third kappa shape index (κ3) is 4.59. The van der Waals surface area contributed by atoms with E-state index in [1.807, 2.05) is 4.68 Å². The number of anilines is 1. The average molecular weight is 402 g/mol. The highest BCUT2D eigenvalue weighted by Crippen LogP contribution is 2.29. The molecule has 0 fully saturated rings. The number of hydrogen-bond acceptors (Lipinski definition) is 5. The summed E-state index contributed by atoms with van der Waals surface area (Å²) in [7, 11) is 0. The number of aryl methyl sites for hydroxylation is 2. The van der Waals surface area contributed by atoms with E-state index in [1.165, 1.54) is 16.3 Å². The monoisotopic (exact) mass is 401 g/mol. The van der Waals surface area contributed by atoms with Crippen LogP contribution in [0, 0.1) is 6.92 Å². The van der Waals surface area contributed by atoms with Crippen molar-refractivity contribution in [1.29, 1.82) is 0 Å².